The molecule has 1 rings (SSSR count). The van der Waals surface area contributed by atoms with E-state index in [9.17, 15) is 18.0 Å². The van der Waals surface area contributed by atoms with Gasteiger partial charge in [0.25, 0.3) is 0 Å². The fourth-order valence-corrected chi connectivity index (χ4v) is 1.10. The third-order valence-electron chi connectivity index (χ3n) is 1.76. The van der Waals surface area contributed by atoms with Crippen LogP contribution in [0.4, 0.5) is 13.2 Å². The van der Waals surface area contributed by atoms with Crippen molar-refractivity contribution in [2.75, 3.05) is 6.61 Å². The molecule has 3 nitrogen and oxygen atoms in total. The molecule has 0 fully saturated rings. The summed E-state index contributed by atoms with van der Waals surface area (Å²) in [5.74, 6) is 1.93. The molecule has 0 unspecified atom stereocenters. The zero-order chi connectivity index (χ0) is 13.5. The van der Waals surface area contributed by atoms with Crippen molar-refractivity contribution in [3.63, 3.8) is 0 Å². The van der Waals surface area contributed by atoms with Crippen LogP contribution in [0.3, 0.4) is 0 Å². The highest BCUT2D eigenvalue weighted by Gasteiger charge is 2.12. The van der Waals surface area contributed by atoms with Gasteiger partial charge < -0.3 is 9.47 Å². The lowest BCUT2D eigenvalue weighted by Crippen LogP contribution is -2.05. The summed E-state index contributed by atoms with van der Waals surface area (Å²) in [6.07, 6.45) is 0. The van der Waals surface area contributed by atoms with Crippen LogP contribution in [-0.2, 0) is 9.53 Å². The predicted molar refractivity (Wildman–Crippen MR) is 56.5 cm³/mol. The molecule has 0 radical (unpaired) electrons. The van der Waals surface area contributed by atoms with Crippen molar-refractivity contribution >= 4 is 5.97 Å². The third kappa shape index (κ3) is 4.01. The molecule has 0 N–H and O–H groups in total. The molecule has 0 aliphatic heterocycles. The summed E-state index contributed by atoms with van der Waals surface area (Å²) in [5, 5.41) is 0. The van der Waals surface area contributed by atoms with Gasteiger partial charge in [-0.25, -0.2) is 9.18 Å². The van der Waals surface area contributed by atoms with Gasteiger partial charge in [-0.3, -0.25) is 0 Å². The van der Waals surface area contributed by atoms with Crippen LogP contribution in [0.5, 0.6) is 5.75 Å². The minimum Gasteiger partial charge on any atom is -0.456 e. The fourth-order valence-electron chi connectivity index (χ4n) is 1.10. The molecule has 0 amide bonds. The zero-order valence-corrected chi connectivity index (χ0v) is 9.38. The number of halogens is 3. The highest BCUT2D eigenvalue weighted by atomic mass is 19.3. The van der Waals surface area contributed by atoms with Gasteiger partial charge in [0, 0.05) is 5.92 Å². The van der Waals surface area contributed by atoms with Gasteiger partial charge in [0.2, 0.25) is 0 Å². The lowest BCUT2D eigenvalue weighted by Gasteiger charge is -2.06. The quantitative estimate of drug-likeness (QED) is 0.616. The highest BCUT2D eigenvalue weighted by molar-refractivity contribution is 5.89. The van der Waals surface area contributed by atoms with Crippen LogP contribution in [0.25, 0.3) is 0 Å². The number of rotatable bonds is 3. The molecule has 0 saturated carbocycles. The molecule has 0 aliphatic carbocycles. The first-order chi connectivity index (χ1) is 8.54. The van der Waals surface area contributed by atoms with Gasteiger partial charge in [-0.2, -0.15) is 8.78 Å². The Kier molecular flexibility index (Phi) is 5.06. The van der Waals surface area contributed by atoms with E-state index in [1.807, 2.05) is 5.92 Å². The number of hydrogen-bond donors (Lipinski definition) is 0. The monoisotopic (exact) mass is 258 g/mol. The van der Waals surface area contributed by atoms with Gasteiger partial charge >= 0.3 is 12.6 Å². The summed E-state index contributed by atoms with van der Waals surface area (Å²) in [6.45, 7) is -1.41. The second kappa shape index (κ2) is 6.55. The molecule has 0 heterocycles. The van der Waals surface area contributed by atoms with Crippen LogP contribution < -0.4 is 4.74 Å². The SMILES string of the molecule is CCOC(=O)C#Cc1c(F)cccc1OC(F)F. The smallest absolute Gasteiger partial charge is 0.387 e. The molecule has 0 aliphatic rings. The van der Waals surface area contributed by atoms with Crippen LogP contribution in [0, 0.1) is 17.7 Å². The summed E-state index contributed by atoms with van der Waals surface area (Å²) >= 11 is 0. The average Bonchev–Trinajstić information content (AvgIpc) is 2.28. The Morgan fingerprint density at radius 1 is 1.44 bits per heavy atom. The summed E-state index contributed by atoms with van der Waals surface area (Å²) in [4.78, 5) is 11.0. The fraction of sp³-hybridized carbons (Fsp3) is 0.250. The molecule has 1 aromatic carbocycles. The number of alkyl halides is 2. The van der Waals surface area contributed by atoms with Crippen molar-refractivity contribution < 1.29 is 27.4 Å². The second-order valence-electron chi connectivity index (χ2n) is 2.96. The Morgan fingerprint density at radius 3 is 2.78 bits per heavy atom. The molecule has 0 atom stereocenters. The van der Waals surface area contributed by atoms with Crippen molar-refractivity contribution in [3.05, 3.63) is 29.6 Å². The van der Waals surface area contributed by atoms with Crippen LogP contribution in [-0.4, -0.2) is 19.2 Å². The lowest BCUT2D eigenvalue weighted by atomic mass is 10.2. The number of esters is 1. The maximum absolute atomic E-state index is 13.4. The number of ether oxygens (including phenoxy) is 2. The average molecular weight is 258 g/mol. The van der Waals surface area contributed by atoms with E-state index in [1.165, 1.54) is 6.07 Å². The van der Waals surface area contributed by atoms with Crippen molar-refractivity contribution in [1.29, 1.82) is 0 Å². The molecule has 0 aromatic heterocycles. The maximum Gasteiger partial charge on any atom is 0.387 e. The van der Waals surface area contributed by atoms with Crippen molar-refractivity contribution in [3.8, 4) is 17.6 Å². The Labute approximate surface area is 102 Å². The number of carbonyl (C=O) groups is 1. The second-order valence-corrected chi connectivity index (χ2v) is 2.96. The largest absolute Gasteiger partial charge is 0.456 e. The molecule has 96 valence electrons. The van der Waals surface area contributed by atoms with E-state index < -0.39 is 29.7 Å². The molecule has 0 saturated heterocycles. The molecule has 0 spiro atoms. The maximum atomic E-state index is 13.4. The summed E-state index contributed by atoms with van der Waals surface area (Å²) in [7, 11) is 0. The summed E-state index contributed by atoms with van der Waals surface area (Å²) < 4.78 is 46.1. The molecule has 6 heteroatoms. The Hall–Kier alpha value is -2.16. The van der Waals surface area contributed by atoms with Crippen molar-refractivity contribution in [2.45, 2.75) is 13.5 Å². The molecule has 1 aromatic rings. The number of carbonyl (C=O) groups excluding carboxylic acids is 1. The Bertz CT molecular complexity index is 489. The normalized spacial score (nSPS) is 9.61. The van der Waals surface area contributed by atoms with E-state index in [-0.39, 0.29) is 6.61 Å². The van der Waals surface area contributed by atoms with Gasteiger partial charge in [-0.15, -0.1) is 0 Å². The molecular formula is C12H9F3O3. The van der Waals surface area contributed by atoms with E-state index in [4.69, 9.17) is 0 Å². The van der Waals surface area contributed by atoms with Gasteiger partial charge in [0.05, 0.1) is 6.61 Å². The van der Waals surface area contributed by atoms with Crippen LogP contribution in [0.2, 0.25) is 0 Å². The highest BCUT2D eigenvalue weighted by Crippen LogP contribution is 2.22. The van der Waals surface area contributed by atoms with Crippen molar-refractivity contribution in [2.24, 2.45) is 0 Å². The first-order valence-corrected chi connectivity index (χ1v) is 4.96. The standard InChI is InChI=1S/C12H9F3O3/c1-2-17-11(16)7-6-8-9(13)4-3-5-10(8)18-12(14)15/h3-5,12H,2H2,1H3. The minimum absolute atomic E-state index is 0.116. The summed E-state index contributed by atoms with van der Waals surface area (Å²) in [6, 6.07) is 3.35. The van der Waals surface area contributed by atoms with E-state index in [0.29, 0.717) is 0 Å². The van der Waals surface area contributed by atoms with Crippen LogP contribution in [0.15, 0.2) is 18.2 Å². The van der Waals surface area contributed by atoms with Gasteiger partial charge in [0.15, 0.2) is 0 Å². The van der Waals surface area contributed by atoms with Crippen LogP contribution in [0.1, 0.15) is 12.5 Å². The van der Waals surface area contributed by atoms with Crippen LogP contribution >= 0.6 is 0 Å². The lowest BCUT2D eigenvalue weighted by molar-refractivity contribution is -0.136. The molecule has 18 heavy (non-hydrogen) atoms. The Morgan fingerprint density at radius 2 is 2.17 bits per heavy atom. The molecular weight excluding hydrogens is 249 g/mol. The Balaban J connectivity index is 3.02. The first kappa shape index (κ1) is 13.9. The van der Waals surface area contributed by atoms with E-state index in [0.717, 1.165) is 12.1 Å². The van der Waals surface area contributed by atoms with E-state index in [2.05, 4.69) is 15.4 Å². The van der Waals surface area contributed by atoms with Gasteiger partial charge in [-0.05, 0) is 25.0 Å². The van der Waals surface area contributed by atoms with E-state index in [1.54, 1.807) is 6.92 Å². The predicted octanol–water partition coefficient (Wildman–Crippen LogP) is 2.34. The minimum atomic E-state index is -3.10. The first-order valence-electron chi connectivity index (χ1n) is 4.96. The zero-order valence-electron chi connectivity index (χ0n) is 9.38. The van der Waals surface area contributed by atoms with Crippen molar-refractivity contribution in [1.82, 2.24) is 0 Å². The third-order valence-corrected chi connectivity index (χ3v) is 1.76. The van der Waals surface area contributed by atoms with Gasteiger partial charge in [-0.1, -0.05) is 6.07 Å². The van der Waals surface area contributed by atoms with Gasteiger partial charge in [0.1, 0.15) is 17.1 Å². The number of benzene rings is 1. The topological polar surface area (TPSA) is 35.5 Å². The molecule has 0 bridgehead atoms. The van der Waals surface area contributed by atoms with E-state index >= 15 is 0 Å². The summed E-state index contributed by atoms with van der Waals surface area (Å²) in [5.41, 5.74) is -0.411. The number of hydrogen-bond acceptors (Lipinski definition) is 3.